The predicted molar refractivity (Wildman–Crippen MR) is 53.0 cm³/mol. The second-order valence-electron chi connectivity index (χ2n) is 3.46. The molecule has 0 fully saturated rings. The smallest absolute Gasteiger partial charge is 0.123 e. The van der Waals surface area contributed by atoms with Gasteiger partial charge in [-0.3, -0.25) is 0 Å². The summed E-state index contributed by atoms with van der Waals surface area (Å²) in [6.07, 6.45) is 1.93. The zero-order valence-corrected chi connectivity index (χ0v) is 8.18. The molecule has 0 spiro atoms. The first-order valence-corrected chi connectivity index (χ1v) is 4.66. The van der Waals surface area contributed by atoms with E-state index in [4.69, 9.17) is 5.73 Å². The number of benzene rings is 1. The van der Waals surface area contributed by atoms with Crippen molar-refractivity contribution in [3.8, 4) is 0 Å². The van der Waals surface area contributed by atoms with E-state index < -0.39 is 0 Å². The Kier molecular flexibility index (Phi) is 3.43. The van der Waals surface area contributed by atoms with Gasteiger partial charge in [-0.2, -0.15) is 0 Å². The van der Waals surface area contributed by atoms with Gasteiger partial charge in [-0.1, -0.05) is 19.4 Å². The van der Waals surface area contributed by atoms with Crippen LogP contribution in [0, 0.1) is 12.7 Å². The van der Waals surface area contributed by atoms with Gasteiger partial charge in [0.25, 0.3) is 0 Å². The monoisotopic (exact) mass is 181 g/mol. The molecule has 0 aromatic heterocycles. The average molecular weight is 181 g/mol. The lowest BCUT2D eigenvalue weighted by molar-refractivity contribution is 0.604. The molecule has 1 rings (SSSR count). The maximum Gasteiger partial charge on any atom is 0.123 e. The maximum absolute atomic E-state index is 13.0. The van der Waals surface area contributed by atoms with Crippen molar-refractivity contribution in [2.75, 3.05) is 0 Å². The van der Waals surface area contributed by atoms with Crippen molar-refractivity contribution in [1.29, 1.82) is 0 Å². The molecule has 0 saturated carbocycles. The van der Waals surface area contributed by atoms with Crippen molar-refractivity contribution in [1.82, 2.24) is 0 Å². The van der Waals surface area contributed by atoms with Crippen molar-refractivity contribution in [3.63, 3.8) is 0 Å². The van der Waals surface area contributed by atoms with Crippen molar-refractivity contribution in [3.05, 3.63) is 35.1 Å². The number of hydrogen-bond donors (Lipinski definition) is 1. The van der Waals surface area contributed by atoms with Gasteiger partial charge in [-0.15, -0.1) is 0 Å². The van der Waals surface area contributed by atoms with E-state index in [9.17, 15) is 4.39 Å². The SMILES string of the molecule is CCC[C@@H](N)c1cc(C)cc(F)c1. The van der Waals surface area contributed by atoms with Crippen LogP contribution < -0.4 is 5.73 Å². The van der Waals surface area contributed by atoms with E-state index in [0.717, 1.165) is 24.0 Å². The Morgan fingerprint density at radius 2 is 2.08 bits per heavy atom. The highest BCUT2D eigenvalue weighted by atomic mass is 19.1. The lowest BCUT2D eigenvalue weighted by atomic mass is 10.0. The molecule has 1 atom stereocenters. The van der Waals surface area contributed by atoms with E-state index in [1.807, 2.05) is 13.0 Å². The third kappa shape index (κ3) is 2.81. The van der Waals surface area contributed by atoms with Gasteiger partial charge in [-0.25, -0.2) is 4.39 Å². The Bertz CT molecular complexity index is 263. The molecule has 1 nitrogen and oxygen atoms in total. The Hall–Kier alpha value is -0.890. The average Bonchev–Trinajstić information content (AvgIpc) is 2.03. The molecule has 0 amide bonds. The number of hydrogen-bond acceptors (Lipinski definition) is 1. The zero-order chi connectivity index (χ0) is 9.84. The number of halogens is 1. The second kappa shape index (κ2) is 4.38. The number of nitrogens with two attached hydrogens (primary N) is 1. The van der Waals surface area contributed by atoms with Gasteiger partial charge >= 0.3 is 0 Å². The highest BCUT2D eigenvalue weighted by Gasteiger charge is 2.06. The molecule has 0 saturated heterocycles. The van der Waals surface area contributed by atoms with Crippen molar-refractivity contribution >= 4 is 0 Å². The molecule has 1 aromatic carbocycles. The normalized spacial score (nSPS) is 12.9. The van der Waals surface area contributed by atoms with Crippen LogP contribution in [0.25, 0.3) is 0 Å². The van der Waals surface area contributed by atoms with Gasteiger partial charge in [-0.05, 0) is 36.6 Å². The fraction of sp³-hybridized carbons (Fsp3) is 0.455. The minimum atomic E-state index is -0.193. The van der Waals surface area contributed by atoms with E-state index >= 15 is 0 Å². The van der Waals surface area contributed by atoms with Gasteiger partial charge in [0, 0.05) is 6.04 Å². The molecule has 0 aliphatic carbocycles. The van der Waals surface area contributed by atoms with Crippen LogP contribution >= 0.6 is 0 Å². The van der Waals surface area contributed by atoms with Crippen LogP contribution in [0.2, 0.25) is 0 Å². The van der Waals surface area contributed by atoms with Crippen LogP contribution in [0.1, 0.15) is 36.9 Å². The van der Waals surface area contributed by atoms with Gasteiger partial charge in [0.05, 0.1) is 0 Å². The molecule has 1 aromatic rings. The molecule has 2 heteroatoms. The fourth-order valence-electron chi connectivity index (χ4n) is 1.46. The summed E-state index contributed by atoms with van der Waals surface area (Å²) >= 11 is 0. The lowest BCUT2D eigenvalue weighted by Gasteiger charge is -2.11. The molecular weight excluding hydrogens is 165 g/mol. The minimum absolute atomic E-state index is 0.0283. The molecular formula is C11H16FN. The Balaban J connectivity index is 2.87. The standard InChI is InChI=1S/C11H16FN/c1-3-4-11(13)9-5-8(2)6-10(12)7-9/h5-7,11H,3-4,13H2,1-2H3/t11-/m1/s1. The third-order valence-electron chi connectivity index (χ3n) is 2.09. The highest BCUT2D eigenvalue weighted by molar-refractivity contribution is 5.25. The topological polar surface area (TPSA) is 26.0 Å². The summed E-state index contributed by atoms with van der Waals surface area (Å²) in [5, 5.41) is 0. The number of rotatable bonds is 3. The fourth-order valence-corrected chi connectivity index (χ4v) is 1.46. The molecule has 2 N–H and O–H groups in total. The largest absolute Gasteiger partial charge is 0.324 e. The van der Waals surface area contributed by atoms with E-state index in [1.54, 1.807) is 0 Å². The summed E-state index contributed by atoms with van der Waals surface area (Å²) in [4.78, 5) is 0. The molecule has 0 aliphatic heterocycles. The van der Waals surface area contributed by atoms with Crippen LogP contribution in [0.15, 0.2) is 18.2 Å². The predicted octanol–water partition coefficient (Wildman–Crippen LogP) is 2.93. The van der Waals surface area contributed by atoms with Crippen LogP contribution in [-0.2, 0) is 0 Å². The lowest BCUT2D eigenvalue weighted by Crippen LogP contribution is -2.10. The molecule has 0 heterocycles. The molecule has 0 bridgehead atoms. The van der Waals surface area contributed by atoms with Crippen molar-refractivity contribution < 1.29 is 4.39 Å². The summed E-state index contributed by atoms with van der Waals surface area (Å²) in [5.74, 6) is -0.193. The van der Waals surface area contributed by atoms with E-state index in [-0.39, 0.29) is 11.9 Å². The minimum Gasteiger partial charge on any atom is -0.324 e. The first-order valence-electron chi connectivity index (χ1n) is 4.66. The van der Waals surface area contributed by atoms with E-state index in [1.165, 1.54) is 12.1 Å². The van der Waals surface area contributed by atoms with Crippen LogP contribution in [0.3, 0.4) is 0 Å². The first kappa shape index (κ1) is 10.2. The zero-order valence-electron chi connectivity index (χ0n) is 8.18. The second-order valence-corrected chi connectivity index (χ2v) is 3.46. The van der Waals surface area contributed by atoms with Gasteiger partial charge in [0.2, 0.25) is 0 Å². The van der Waals surface area contributed by atoms with Crippen LogP contribution in [-0.4, -0.2) is 0 Å². The summed E-state index contributed by atoms with van der Waals surface area (Å²) in [6, 6.07) is 4.96. The van der Waals surface area contributed by atoms with E-state index in [0.29, 0.717) is 0 Å². The van der Waals surface area contributed by atoms with Gasteiger partial charge in [0.1, 0.15) is 5.82 Å². The molecule has 0 aliphatic rings. The quantitative estimate of drug-likeness (QED) is 0.762. The first-order chi connectivity index (χ1) is 6.13. The summed E-state index contributed by atoms with van der Waals surface area (Å²) in [6.45, 7) is 3.96. The summed E-state index contributed by atoms with van der Waals surface area (Å²) in [7, 11) is 0. The molecule has 13 heavy (non-hydrogen) atoms. The molecule has 0 unspecified atom stereocenters. The number of aryl methyl sites for hydroxylation is 1. The van der Waals surface area contributed by atoms with Crippen molar-refractivity contribution in [2.24, 2.45) is 5.73 Å². The highest BCUT2D eigenvalue weighted by Crippen LogP contribution is 2.18. The van der Waals surface area contributed by atoms with Crippen LogP contribution in [0.5, 0.6) is 0 Å². The van der Waals surface area contributed by atoms with Crippen molar-refractivity contribution in [2.45, 2.75) is 32.7 Å². The third-order valence-corrected chi connectivity index (χ3v) is 2.09. The summed E-state index contributed by atoms with van der Waals surface area (Å²) in [5.41, 5.74) is 7.71. The Labute approximate surface area is 78.8 Å². The summed E-state index contributed by atoms with van der Waals surface area (Å²) < 4.78 is 13.0. The Morgan fingerprint density at radius 3 is 2.62 bits per heavy atom. The molecule has 0 radical (unpaired) electrons. The van der Waals surface area contributed by atoms with Gasteiger partial charge in [0.15, 0.2) is 0 Å². The molecule has 72 valence electrons. The maximum atomic E-state index is 13.0. The van der Waals surface area contributed by atoms with E-state index in [2.05, 4.69) is 6.92 Å². The van der Waals surface area contributed by atoms with Crippen LogP contribution in [0.4, 0.5) is 4.39 Å². The Morgan fingerprint density at radius 1 is 1.38 bits per heavy atom. The van der Waals surface area contributed by atoms with Gasteiger partial charge < -0.3 is 5.73 Å².